The molecule has 0 aliphatic carbocycles. The zero-order chi connectivity index (χ0) is 14.6. The van der Waals surface area contributed by atoms with E-state index in [4.69, 9.17) is 4.42 Å². The van der Waals surface area contributed by atoms with Gasteiger partial charge in [0.1, 0.15) is 11.5 Å². The van der Waals surface area contributed by atoms with Gasteiger partial charge in [-0.05, 0) is 32.5 Å². The zero-order valence-electron chi connectivity index (χ0n) is 13.3. The first-order valence-electron chi connectivity index (χ1n) is 7.65. The number of furan rings is 1. The molecule has 0 radical (unpaired) electrons. The molecule has 0 amide bonds. The Labute approximate surface area is 127 Å². The normalized spacial score (nSPS) is 20.0. The highest BCUT2D eigenvalue weighted by Gasteiger charge is 2.24. The summed E-state index contributed by atoms with van der Waals surface area (Å²) >= 11 is 2.09. The van der Waals surface area contributed by atoms with Crippen LogP contribution in [0.4, 0.5) is 0 Å². The van der Waals surface area contributed by atoms with Crippen LogP contribution in [-0.4, -0.2) is 35.0 Å². The van der Waals surface area contributed by atoms with Crippen molar-refractivity contribution >= 4 is 11.8 Å². The van der Waals surface area contributed by atoms with Gasteiger partial charge < -0.3 is 9.73 Å². The Hall–Kier alpha value is -0.450. The molecular weight excluding hydrogens is 268 g/mol. The standard InChI is InChI=1S/C16H28N2OS/c1-5-17-11-14-10-15(19-13(14)2)12-18-7-6-16(3,4)20-9-8-18/h10,17H,5-9,11-12H2,1-4H3. The molecule has 2 rings (SSSR count). The number of nitrogens with one attached hydrogen (secondary N) is 1. The molecule has 1 aromatic heterocycles. The van der Waals surface area contributed by atoms with Crippen LogP contribution in [0.15, 0.2) is 10.5 Å². The van der Waals surface area contributed by atoms with Gasteiger partial charge in [0.25, 0.3) is 0 Å². The number of hydrogen-bond donors (Lipinski definition) is 1. The molecule has 3 nitrogen and oxygen atoms in total. The van der Waals surface area contributed by atoms with Crippen LogP contribution in [0, 0.1) is 6.92 Å². The van der Waals surface area contributed by atoms with E-state index in [1.165, 1.54) is 24.3 Å². The highest BCUT2D eigenvalue weighted by atomic mass is 32.2. The van der Waals surface area contributed by atoms with Crippen LogP contribution < -0.4 is 5.32 Å². The maximum absolute atomic E-state index is 5.92. The summed E-state index contributed by atoms with van der Waals surface area (Å²) in [6.45, 7) is 14.1. The van der Waals surface area contributed by atoms with Gasteiger partial charge in [0, 0.05) is 29.2 Å². The first-order chi connectivity index (χ1) is 9.50. The van der Waals surface area contributed by atoms with E-state index in [0.717, 1.165) is 37.7 Å². The molecule has 0 aromatic carbocycles. The second-order valence-electron chi connectivity index (χ2n) is 6.21. The number of rotatable bonds is 5. The van der Waals surface area contributed by atoms with Gasteiger partial charge in [-0.3, -0.25) is 4.90 Å². The Morgan fingerprint density at radius 2 is 2.20 bits per heavy atom. The van der Waals surface area contributed by atoms with Gasteiger partial charge in [-0.15, -0.1) is 0 Å². The molecule has 0 spiro atoms. The molecule has 0 bridgehead atoms. The van der Waals surface area contributed by atoms with E-state index < -0.39 is 0 Å². The largest absolute Gasteiger partial charge is 0.465 e. The number of aryl methyl sites for hydroxylation is 1. The van der Waals surface area contributed by atoms with E-state index in [1.54, 1.807) is 0 Å². The van der Waals surface area contributed by atoms with Gasteiger partial charge in [-0.1, -0.05) is 20.8 Å². The van der Waals surface area contributed by atoms with Crippen LogP contribution in [0.2, 0.25) is 0 Å². The van der Waals surface area contributed by atoms with E-state index in [0.29, 0.717) is 4.75 Å². The van der Waals surface area contributed by atoms with Crippen LogP contribution in [0.5, 0.6) is 0 Å². The quantitative estimate of drug-likeness (QED) is 0.901. The fourth-order valence-corrected chi connectivity index (χ4v) is 3.68. The fraction of sp³-hybridized carbons (Fsp3) is 0.750. The minimum atomic E-state index is 0.421. The molecule has 1 aromatic rings. The van der Waals surface area contributed by atoms with E-state index in [1.807, 2.05) is 0 Å². The summed E-state index contributed by atoms with van der Waals surface area (Å²) in [4.78, 5) is 2.52. The topological polar surface area (TPSA) is 28.4 Å². The molecule has 1 aliphatic rings. The predicted octanol–water partition coefficient (Wildman–Crippen LogP) is 3.42. The van der Waals surface area contributed by atoms with Crippen molar-refractivity contribution in [2.75, 3.05) is 25.4 Å². The molecule has 0 saturated carbocycles. The molecule has 1 saturated heterocycles. The predicted molar refractivity (Wildman–Crippen MR) is 87.3 cm³/mol. The van der Waals surface area contributed by atoms with Gasteiger partial charge in [0.15, 0.2) is 0 Å². The lowest BCUT2D eigenvalue weighted by Gasteiger charge is -2.22. The summed E-state index contributed by atoms with van der Waals surface area (Å²) in [7, 11) is 0. The lowest BCUT2D eigenvalue weighted by Crippen LogP contribution is -2.26. The molecule has 0 atom stereocenters. The van der Waals surface area contributed by atoms with E-state index in [9.17, 15) is 0 Å². The highest BCUT2D eigenvalue weighted by Crippen LogP contribution is 2.31. The third-order valence-electron chi connectivity index (χ3n) is 3.95. The first-order valence-corrected chi connectivity index (χ1v) is 8.64. The van der Waals surface area contributed by atoms with Gasteiger partial charge in [-0.2, -0.15) is 11.8 Å². The van der Waals surface area contributed by atoms with Crippen molar-refractivity contribution in [2.24, 2.45) is 0 Å². The molecule has 1 N–H and O–H groups in total. The minimum Gasteiger partial charge on any atom is -0.465 e. The van der Waals surface area contributed by atoms with Gasteiger partial charge in [0.05, 0.1) is 6.54 Å². The average molecular weight is 296 g/mol. The summed E-state index contributed by atoms with van der Waals surface area (Å²) in [6.07, 6.45) is 1.25. The lowest BCUT2D eigenvalue weighted by molar-refractivity contribution is 0.251. The highest BCUT2D eigenvalue weighted by molar-refractivity contribution is 8.00. The van der Waals surface area contributed by atoms with Crippen molar-refractivity contribution in [1.29, 1.82) is 0 Å². The van der Waals surface area contributed by atoms with E-state index in [-0.39, 0.29) is 0 Å². The van der Waals surface area contributed by atoms with Crippen molar-refractivity contribution in [3.63, 3.8) is 0 Å². The fourth-order valence-electron chi connectivity index (χ4n) is 2.54. The Morgan fingerprint density at radius 3 is 2.95 bits per heavy atom. The van der Waals surface area contributed by atoms with Gasteiger partial charge in [0.2, 0.25) is 0 Å². The molecule has 4 heteroatoms. The summed E-state index contributed by atoms with van der Waals surface area (Å²) in [5.74, 6) is 3.39. The molecule has 114 valence electrons. The average Bonchev–Trinajstić information content (AvgIpc) is 2.63. The maximum atomic E-state index is 5.92. The van der Waals surface area contributed by atoms with Crippen molar-refractivity contribution in [3.8, 4) is 0 Å². The van der Waals surface area contributed by atoms with Gasteiger partial charge >= 0.3 is 0 Å². The maximum Gasteiger partial charge on any atom is 0.118 e. The molecule has 1 fully saturated rings. The molecule has 2 heterocycles. The molecule has 1 aliphatic heterocycles. The third kappa shape index (κ3) is 4.54. The summed E-state index contributed by atoms with van der Waals surface area (Å²) < 4.78 is 6.34. The van der Waals surface area contributed by atoms with E-state index in [2.05, 4.69) is 55.7 Å². The molecule has 0 unspecified atom stereocenters. The van der Waals surface area contributed by atoms with Crippen LogP contribution in [0.25, 0.3) is 0 Å². The SMILES string of the molecule is CCNCc1cc(CN2CCSC(C)(C)CC2)oc1C. The van der Waals surface area contributed by atoms with Crippen molar-refractivity contribution in [2.45, 2.75) is 52.0 Å². The Bertz CT molecular complexity index is 428. The molecular formula is C16H28N2OS. The van der Waals surface area contributed by atoms with Crippen LogP contribution >= 0.6 is 11.8 Å². The van der Waals surface area contributed by atoms with E-state index >= 15 is 0 Å². The second kappa shape index (κ2) is 7.01. The first kappa shape index (κ1) is 15.9. The number of thioether (sulfide) groups is 1. The number of hydrogen-bond acceptors (Lipinski definition) is 4. The molecule has 20 heavy (non-hydrogen) atoms. The van der Waals surface area contributed by atoms with Crippen LogP contribution in [0.3, 0.4) is 0 Å². The van der Waals surface area contributed by atoms with Crippen molar-refractivity contribution < 1.29 is 4.42 Å². The minimum absolute atomic E-state index is 0.421. The monoisotopic (exact) mass is 296 g/mol. The second-order valence-corrected chi connectivity index (χ2v) is 8.01. The Balaban J connectivity index is 1.92. The third-order valence-corrected chi connectivity index (χ3v) is 5.32. The Morgan fingerprint density at radius 1 is 1.40 bits per heavy atom. The Kier molecular flexibility index (Phi) is 5.58. The van der Waals surface area contributed by atoms with Crippen LogP contribution in [-0.2, 0) is 13.1 Å². The smallest absolute Gasteiger partial charge is 0.118 e. The van der Waals surface area contributed by atoms with Crippen LogP contribution in [0.1, 0.15) is 44.3 Å². The number of nitrogens with zero attached hydrogens (tertiary/aromatic N) is 1. The van der Waals surface area contributed by atoms with Gasteiger partial charge in [-0.25, -0.2) is 0 Å². The lowest BCUT2D eigenvalue weighted by atomic mass is 10.1. The zero-order valence-corrected chi connectivity index (χ0v) is 14.1. The van der Waals surface area contributed by atoms with Crippen molar-refractivity contribution in [3.05, 3.63) is 23.2 Å². The summed E-state index contributed by atoms with van der Waals surface area (Å²) in [6, 6.07) is 2.22. The summed E-state index contributed by atoms with van der Waals surface area (Å²) in [5.41, 5.74) is 1.30. The summed E-state index contributed by atoms with van der Waals surface area (Å²) in [5, 5.41) is 3.37. The van der Waals surface area contributed by atoms with Crippen molar-refractivity contribution in [1.82, 2.24) is 10.2 Å².